The van der Waals surface area contributed by atoms with E-state index in [1.807, 2.05) is 60.7 Å². The lowest BCUT2D eigenvalue weighted by atomic mass is 10.0. The summed E-state index contributed by atoms with van der Waals surface area (Å²) >= 11 is 0. The lowest BCUT2D eigenvalue weighted by Crippen LogP contribution is -2.54. The van der Waals surface area contributed by atoms with Gasteiger partial charge in [0.15, 0.2) is 5.70 Å². The zero-order chi connectivity index (χ0) is 28.4. The van der Waals surface area contributed by atoms with E-state index in [0.717, 1.165) is 41.4 Å². The van der Waals surface area contributed by atoms with Gasteiger partial charge in [-0.1, -0.05) is 60.7 Å². The van der Waals surface area contributed by atoms with Crippen molar-refractivity contribution in [3.05, 3.63) is 83.6 Å². The summed E-state index contributed by atoms with van der Waals surface area (Å²) < 4.78 is 21.2. The van der Waals surface area contributed by atoms with Crippen molar-refractivity contribution >= 4 is 23.8 Å². The van der Waals surface area contributed by atoms with Crippen molar-refractivity contribution in [2.45, 2.75) is 44.8 Å². The topological polar surface area (TPSA) is 132 Å². The number of hydrazine groups is 1. The molecule has 1 N–H and O–H groups in total. The first kappa shape index (κ1) is 29.5. The molecule has 208 valence electrons. The molecule has 1 aliphatic heterocycles. The molecule has 1 saturated heterocycles. The van der Waals surface area contributed by atoms with Crippen molar-refractivity contribution in [1.29, 1.82) is 0 Å². The smallest absolute Gasteiger partial charge is 0.357 e. The van der Waals surface area contributed by atoms with Gasteiger partial charge >= 0.3 is 11.9 Å². The largest absolute Gasteiger partial charge is 0.466 e. The van der Waals surface area contributed by atoms with E-state index in [4.69, 9.17) is 14.2 Å². The number of hydrogen-bond donors (Lipinski definition) is 1. The molecule has 0 spiro atoms. The number of rotatable bonds is 12. The molecule has 0 radical (unpaired) electrons. The van der Waals surface area contributed by atoms with E-state index in [1.165, 1.54) is 6.92 Å². The first-order valence-corrected chi connectivity index (χ1v) is 12.2. The maximum atomic E-state index is 13.2. The first-order chi connectivity index (χ1) is 18.8. The lowest BCUT2D eigenvalue weighted by molar-refractivity contribution is -0.165. The number of ether oxygens (including phenoxy) is 4. The van der Waals surface area contributed by atoms with E-state index < -0.39 is 47.7 Å². The molecule has 3 rings (SSSR count). The van der Waals surface area contributed by atoms with Crippen molar-refractivity contribution in [1.82, 2.24) is 10.0 Å². The molecule has 1 heterocycles. The third-order valence-corrected chi connectivity index (χ3v) is 5.99. The minimum Gasteiger partial charge on any atom is -0.466 e. The molecule has 1 aliphatic rings. The van der Waals surface area contributed by atoms with Crippen LogP contribution in [0.25, 0.3) is 0 Å². The van der Waals surface area contributed by atoms with E-state index in [2.05, 4.69) is 4.74 Å². The third kappa shape index (κ3) is 7.73. The van der Waals surface area contributed by atoms with Gasteiger partial charge in [0.25, 0.3) is 0 Å². The van der Waals surface area contributed by atoms with E-state index in [-0.39, 0.29) is 26.2 Å². The normalized spacial score (nSPS) is 17.1. The maximum absolute atomic E-state index is 13.2. The number of benzene rings is 2. The van der Waals surface area contributed by atoms with Gasteiger partial charge < -0.3 is 24.1 Å². The van der Waals surface area contributed by atoms with Crippen LogP contribution in [0.4, 0.5) is 0 Å². The second-order valence-corrected chi connectivity index (χ2v) is 8.71. The molecule has 11 nitrogen and oxygen atoms in total. The van der Waals surface area contributed by atoms with Gasteiger partial charge in [-0.25, -0.2) is 19.6 Å². The van der Waals surface area contributed by atoms with Crippen LogP contribution >= 0.6 is 0 Å². The van der Waals surface area contributed by atoms with Gasteiger partial charge in [0.2, 0.25) is 11.8 Å². The average Bonchev–Trinajstić information content (AvgIpc) is 3.28. The SMILES string of the molecule is COC(=O)/C=C(\C(=O)OC)N1C(=O)CC([C@H](OCc2ccccc2)[C@@H](O)COCc2ccccc2)N1C(C)=O. The molecular weight excluding hydrogens is 508 g/mol. The zero-order valence-electron chi connectivity index (χ0n) is 22.0. The van der Waals surface area contributed by atoms with Gasteiger partial charge in [0, 0.05) is 6.92 Å². The minimum absolute atomic E-state index is 0.0690. The van der Waals surface area contributed by atoms with E-state index in [1.54, 1.807) is 0 Å². The van der Waals surface area contributed by atoms with Crippen LogP contribution in [0.3, 0.4) is 0 Å². The van der Waals surface area contributed by atoms with E-state index in [0.29, 0.717) is 0 Å². The highest BCUT2D eigenvalue weighted by molar-refractivity contribution is 6.01. The number of esters is 2. The van der Waals surface area contributed by atoms with Gasteiger partial charge in [-0.05, 0) is 11.1 Å². The van der Waals surface area contributed by atoms with Crippen LogP contribution in [0.1, 0.15) is 24.5 Å². The van der Waals surface area contributed by atoms with Crippen LogP contribution in [0.5, 0.6) is 0 Å². The molecule has 11 heteroatoms. The highest BCUT2D eigenvalue weighted by atomic mass is 16.5. The highest BCUT2D eigenvalue weighted by Crippen LogP contribution is 2.30. The summed E-state index contributed by atoms with van der Waals surface area (Å²) in [5.41, 5.74) is 1.19. The molecule has 0 aromatic heterocycles. The predicted molar refractivity (Wildman–Crippen MR) is 137 cm³/mol. The minimum atomic E-state index is -1.26. The Morgan fingerprint density at radius 3 is 2.10 bits per heavy atom. The van der Waals surface area contributed by atoms with Crippen LogP contribution in [0.15, 0.2) is 72.4 Å². The van der Waals surface area contributed by atoms with Crippen LogP contribution in [0, 0.1) is 0 Å². The number of methoxy groups -OCH3 is 2. The van der Waals surface area contributed by atoms with Crippen molar-refractivity contribution in [2.75, 3.05) is 20.8 Å². The van der Waals surface area contributed by atoms with Crippen LogP contribution in [-0.4, -0.2) is 78.0 Å². The number of amides is 2. The first-order valence-electron chi connectivity index (χ1n) is 12.2. The Kier molecular flexibility index (Phi) is 10.7. The fourth-order valence-corrected chi connectivity index (χ4v) is 4.19. The molecule has 0 saturated carbocycles. The van der Waals surface area contributed by atoms with Crippen LogP contribution in [0.2, 0.25) is 0 Å². The van der Waals surface area contributed by atoms with Gasteiger partial charge in [-0.15, -0.1) is 0 Å². The van der Waals surface area contributed by atoms with E-state index in [9.17, 15) is 24.3 Å². The Hall–Kier alpha value is -4.06. The number of hydrogen-bond acceptors (Lipinski definition) is 9. The third-order valence-electron chi connectivity index (χ3n) is 5.99. The Labute approximate surface area is 226 Å². The molecule has 1 fully saturated rings. The van der Waals surface area contributed by atoms with Crippen LogP contribution in [-0.2, 0) is 51.3 Å². The summed E-state index contributed by atoms with van der Waals surface area (Å²) in [5, 5.41) is 12.9. The summed E-state index contributed by atoms with van der Waals surface area (Å²) in [7, 11) is 2.17. The van der Waals surface area contributed by atoms with Gasteiger partial charge in [0.05, 0.1) is 52.6 Å². The molecular formula is C28H32N2O9. The Morgan fingerprint density at radius 2 is 1.56 bits per heavy atom. The second-order valence-electron chi connectivity index (χ2n) is 8.71. The van der Waals surface area contributed by atoms with Crippen molar-refractivity contribution in [3.63, 3.8) is 0 Å². The van der Waals surface area contributed by atoms with Crippen molar-refractivity contribution in [2.24, 2.45) is 0 Å². The monoisotopic (exact) mass is 540 g/mol. The number of aliphatic hydroxyl groups is 1. The summed E-state index contributed by atoms with van der Waals surface area (Å²) in [5.74, 6) is -3.27. The molecule has 3 atom stereocenters. The summed E-state index contributed by atoms with van der Waals surface area (Å²) in [4.78, 5) is 50.5. The molecule has 2 aromatic carbocycles. The summed E-state index contributed by atoms with van der Waals surface area (Å²) in [6, 6.07) is 17.5. The Balaban J connectivity index is 1.90. The molecule has 2 aromatic rings. The molecule has 0 bridgehead atoms. The number of carbonyl (C=O) groups is 4. The lowest BCUT2D eigenvalue weighted by Gasteiger charge is -2.36. The highest BCUT2D eigenvalue weighted by Gasteiger charge is 2.49. The number of carbonyl (C=O) groups excluding carboxylic acids is 4. The fourth-order valence-electron chi connectivity index (χ4n) is 4.19. The quantitative estimate of drug-likeness (QED) is 0.316. The van der Waals surface area contributed by atoms with Crippen molar-refractivity contribution < 1.29 is 43.2 Å². The van der Waals surface area contributed by atoms with Gasteiger partial charge in [-0.2, -0.15) is 0 Å². The Bertz CT molecular complexity index is 1170. The Morgan fingerprint density at radius 1 is 0.974 bits per heavy atom. The maximum Gasteiger partial charge on any atom is 0.357 e. The second kappa shape index (κ2) is 14.2. The summed E-state index contributed by atoms with van der Waals surface area (Å²) in [6.45, 7) is 1.33. The summed E-state index contributed by atoms with van der Waals surface area (Å²) in [6.07, 6.45) is -1.90. The van der Waals surface area contributed by atoms with E-state index >= 15 is 0 Å². The van der Waals surface area contributed by atoms with Crippen molar-refractivity contribution in [3.8, 4) is 0 Å². The fraction of sp³-hybridized carbons (Fsp3) is 0.357. The van der Waals surface area contributed by atoms with Gasteiger partial charge in [-0.3, -0.25) is 9.59 Å². The molecule has 1 unspecified atom stereocenters. The predicted octanol–water partition coefficient (Wildman–Crippen LogP) is 1.74. The number of aliphatic hydroxyl groups excluding tert-OH is 1. The standard InChI is InChI=1S/C28H32N2O9/c1-19(31)29-22(14-25(33)30(29)23(28(35)37-3)15-26(34)36-2)27(39-17-21-12-8-5-9-13-21)24(32)18-38-16-20-10-6-4-7-11-20/h4-13,15,22,24,27,32H,14,16-18H2,1-3H3/b23-15+/t22?,24-,27-/m0/s1. The van der Waals surface area contributed by atoms with Crippen LogP contribution < -0.4 is 0 Å². The molecule has 2 amide bonds. The van der Waals surface area contributed by atoms with Gasteiger partial charge in [0.1, 0.15) is 12.2 Å². The zero-order valence-corrected chi connectivity index (χ0v) is 22.0. The molecule has 39 heavy (non-hydrogen) atoms. The number of nitrogens with zero attached hydrogens (tertiary/aromatic N) is 2. The average molecular weight is 541 g/mol. The molecule has 0 aliphatic carbocycles.